The molecule has 0 bridgehead atoms. The van der Waals surface area contributed by atoms with E-state index in [1.54, 1.807) is 38.1 Å². The predicted octanol–water partition coefficient (Wildman–Crippen LogP) is 5.03. The first kappa shape index (κ1) is 26.2. The third-order valence-corrected chi connectivity index (χ3v) is 9.12. The summed E-state index contributed by atoms with van der Waals surface area (Å²) >= 11 is 1.50. The highest BCUT2D eigenvalue weighted by Gasteiger charge is 2.36. The van der Waals surface area contributed by atoms with Gasteiger partial charge in [-0.1, -0.05) is 57.2 Å². The number of thiazole rings is 1. The lowest BCUT2D eigenvalue weighted by Gasteiger charge is -2.27. The van der Waals surface area contributed by atoms with Crippen LogP contribution in [-0.2, 0) is 34.1 Å². The van der Waals surface area contributed by atoms with Crippen molar-refractivity contribution in [1.29, 1.82) is 0 Å². The van der Waals surface area contributed by atoms with E-state index in [2.05, 4.69) is 24.1 Å². The summed E-state index contributed by atoms with van der Waals surface area (Å²) in [7, 11) is -3.26. The Morgan fingerprint density at radius 1 is 1.08 bits per heavy atom. The maximum atomic E-state index is 12.6. The van der Waals surface area contributed by atoms with E-state index in [4.69, 9.17) is 4.98 Å². The Bertz CT molecular complexity index is 1360. The van der Waals surface area contributed by atoms with Crippen LogP contribution in [0.2, 0.25) is 0 Å². The first-order chi connectivity index (χ1) is 17.1. The van der Waals surface area contributed by atoms with Crippen molar-refractivity contribution in [3.8, 4) is 0 Å². The van der Waals surface area contributed by atoms with Gasteiger partial charge in [0.05, 0.1) is 28.8 Å². The molecule has 1 atom stereocenters. The van der Waals surface area contributed by atoms with Crippen molar-refractivity contribution in [2.45, 2.75) is 58.1 Å². The highest BCUT2D eigenvalue weighted by molar-refractivity contribution is 7.91. The van der Waals surface area contributed by atoms with Gasteiger partial charge in [0, 0.05) is 23.5 Å². The third-order valence-electron chi connectivity index (χ3n) is 6.40. The minimum absolute atomic E-state index is 0.0441. The molecule has 0 aliphatic carbocycles. The summed E-state index contributed by atoms with van der Waals surface area (Å²) in [4.78, 5) is 32.8. The summed E-state index contributed by atoms with van der Waals surface area (Å²) in [6.45, 7) is 9.04. The molecule has 190 valence electrons. The standard InChI is InChI=1S/C27H31N3O4S2/c1-5-36(33,34)22-12-8-19(9-13-22)14-24(32)28-27-29-25-23(35-27)16-30(26(25)17(2)3)15-20-6-10-21(11-7-20)18(4)31/h6-13,17,26H,5,14-16H2,1-4H3,(H,28,29,32)/t26-/m0/s1. The quantitative estimate of drug-likeness (QED) is 0.394. The number of benzene rings is 2. The minimum atomic E-state index is -3.26. The van der Waals surface area contributed by atoms with Crippen molar-refractivity contribution >= 4 is 38.0 Å². The first-order valence-electron chi connectivity index (χ1n) is 12.0. The van der Waals surface area contributed by atoms with E-state index in [0.29, 0.717) is 16.6 Å². The van der Waals surface area contributed by atoms with Gasteiger partial charge in [-0.2, -0.15) is 0 Å². The molecule has 1 aliphatic rings. The molecule has 0 spiro atoms. The van der Waals surface area contributed by atoms with Gasteiger partial charge in [-0.3, -0.25) is 14.5 Å². The largest absolute Gasteiger partial charge is 0.302 e. The number of amides is 1. The number of carbonyl (C=O) groups excluding carboxylic acids is 2. The van der Waals surface area contributed by atoms with Gasteiger partial charge in [-0.25, -0.2) is 13.4 Å². The zero-order valence-electron chi connectivity index (χ0n) is 20.9. The molecule has 36 heavy (non-hydrogen) atoms. The van der Waals surface area contributed by atoms with Crippen LogP contribution in [0.5, 0.6) is 0 Å². The average molecular weight is 526 g/mol. The van der Waals surface area contributed by atoms with Gasteiger partial charge >= 0.3 is 0 Å². The van der Waals surface area contributed by atoms with Crippen molar-refractivity contribution in [3.05, 3.63) is 75.8 Å². The Kier molecular flexibility index (Phi) is 7.73. The number of ketones is 1. The van der Waals surface area contributed by atoms with Crippen LogP contribution < -0.4 is 5.32 Å². The summed E-state index contributed by atoms with van der Waals surface area (Å²) in [6, 6.07) is 14.4. The summed E-state index contributed by atoms with van der Waals surface area (Å²) in [6.07, 6.45) is 0.146. The molecule has 2 aromatic carbocycles. The summed E-state index contributed by atoms with van der Waals surface area (Å²) in [5, 5.41) is 3.51. The fraction of sp³-hybridized carbons (Fsp3) is 0.370. The summed E-state index contributed by atoms with van der Waals surface area (Å²) in [5.41, 5.74) is 3.62. The second-order valence-corrected chi connectivity index (χ2v) is 12.8. The zero-order valence-corrected chi connectivity index (χ0v) is 22.6. The molecule has 1 amide bonds. The van der Waals surface area contributed by atoms with Crippen LogP contribution in [0.25, 0.3) is 0 Å². The molecule has 1 aliphatic heterocycles. The van der Waals surface area contributed by atoms with E-state index in [1.165, 1.54) is 11.3 Å². The number of rotatable bonds is 9. The fourth-order valence-corrected chi connectivity index (χ4v) is 6.45. The normalized spacial score (nSPS) is 15.8. The van der Waals surface area contributed by atoms with Gasteiger partial charge in [-0.05, 0) is 36.1 Å². The lowest BCUT2D eigenvalue weighted by Crippen LogP contribution is -2.26. The first-order valence-corrected chi connectivity index (χ1v) is 14.5. The number of nitrogens with zero attached hydrogens (tertiary/aromatic N) is 2. The highest BCUT2D eigenvalue weighted by Crippen LogP contribution is 2.43. The third kappa shape index (κ3) is 5.74. The number of fused-ring (bicyclic) bond motifs is 1. The van der Waals surface area contributed by atoms with E-state index in [-0.39, 0.29) is 34.8 Å². The minimum Gasteiger partial charge on any atom is -0.302 e. The molecular weight excluding hydrogens is 494 g/mol. The molecule has 0 saturated heterocycles. The topological polar surface area (TPSA) is 96.4 Å². The molecule has 0 fully saturated rings. The van der Waals surface area contributed by atoms with Crippen LogP contribution in [0.4, 0.5) is 5.13 Å². The van der Waals surface area contributed by atoms with E-state index in [9.17, 15) is 18.0 Å². The van der Waals surface area contributed by atoms with Crippen LogP contribution in [-0.4, -0.2) is 35.7 Å². The number of hydrogen-bond acceptors (Lipinski definition) is 7. The lowest BCUT2D eigenvalue weighted by molar-refractivity contribution is -0.115. The van der Waals surface area contributed by atoms with Gasteiger partial charge in [0.15, 0.2) is 20.8 Å². The number of hydrogen-bond donors (Lipinski definition) is 1. The number of sulfone groups is 1. The fourth-order valence-electron chi connectivity index (χ4n) is 4.52. The molecule has 4 rings (SSSR count). The second kappa shape index (κ2) is 10.6. The second-order valence-electron chi connectivity index (χ2n) is 9.45. The van der Waals surface area contributed by atoms with Crippen molar-refractivity contribution in [2.24, 2.45) is 5.92 Å². The van der Waals surface area contributed by atoms with Gasteiger partial charge in [0.2, 0.25) is 5.91 Å². The van der Waals surface area contributed by atoms with Crippen LogP contribution in [0.1, 0.15) is 65.8 Å². The number of Topliss-reactive ketones (excluding diaryl/α,β-unsaturated/α-hetero) is 1. The summed E-state index contributed by atoms with van der Waals surface area (Å²) in [5.74, 6) is 0.260. The maximum absolute atomic E-state index is 12.6. The SMILES string of the molecule is CCS(=O)(=O)c1ccc(CC(=O)Nc2nc3c(s2)CN(Cc2ccc(C(C)=O)cc2)[C@H]3C(C)C)cc1. The number of anilines is 1. The lowest BCUT2D eigenvalue weighted by atomic mass is 10.0. The highest BCUT2D eigenvalue weighted by atomic mass is 32.2. The molecule has 2 heterocycles. The molecule has 1 N–H and O–H groups in total. The molecule has 3 aromatic rings. The van der Waals surface area contributed by atoms with Gasteiger partial charge in [-0.15, -0.1) is 11.3 Å². The zero-order chi connectivity index (χ0) is 26.0. The Morgan fingerprint density at radius 2 is 1.72 bits per heavy atom. The van der Waals surface area contributed by atoms with Crippen molar-refractivity contribution in [2.75, 3.05) is 11.1 Å². The summed E-state index contributed by atoms with van der Waals surface area (Å²) < 4.78 is 24.0. The average Bonchev–Trinajstić information content (AvgIpc) is 3.35. The molecule has 7 nitrogen and oxygen atoms in total. The van der Waals surface area contributed by atoms with Crippen molar-refractivity contribution in [3.63, 3.8) is 0 Å². The van der Waals surface area contributed by atoms with Gasteiger partial charge in [0.1, 0.15) is 0 Å². The van der Waals surface area contributed by atoms with E-state index < -0.39 is 9.84 Å². The van der Waals surface area contributed by atoms with Crippen molar-refractivity contribution < 1.29 is 18.0 Å². The van der Waals surface area contributed by atoms with Crippen LogP contribution in [0, 0.1) is 5.92 Å². The molecule has 9 heteroatoms. The number of carbonyl (C=O) groups is 2. The Balaban J connectivity index is 1.41. The van der Waals surface area contributed by atoms with Crippen LogP contribution in [0.15, 0.2) is 53.4 Å². The Hall–Kier alpha value is -2.88. The number of nitrogens with one attached hydrogen (secondary N) is 1. The molecule has 1 aromatic heterocycles. The molecular formula is C27H31N3O4S2. The maximum Gasteiger partial charge on any atom is 0.230 e. The van der Waals surface area contributed by atoms with Crippen molar-refractivity contribution in [1.82, 2.24) is 9.88 Å². The van der Waals surface area contributed by atoms with E-state index in [0.717, 1.165) is 34.8 Å². The van der Waals surface area contributed by atoms with E-state index in [1.807, 2.05) is 24.3 Å². The van der Waals surface area contributed by atoms with Crippen LogP contribution >= 0.6 is 11.3 Å². The smallest absolute Gasteiger partial charge is 0.230 e. The number of aromatic nitrogens is 1. The predicted molar refractivity (Wildman–Crippen MR) is 142 cm³/mol. The monoisotopic (exact) mass is 525 g/mol. The van der Waals surface area contributed by atoms with E-state index >= 15 is 0 Å². The molecule has 0 unspecified atom stereocenters. The van der Waals surface area contributed by atoms with Crippen LogP contribution in [0.3, 0.4) is 0 Å². The molecule has 0 radical (unpaired) electrons. The Morgan fingerprint density at radius 3 is 2.31 bits per heavy atom. The molecule has 0 saturated carbocycles. The van der Waals surface area contributed by atoms with Gasteiger partial charge < -0.3 is 5.32 Å². The Labute approximate surface area is 216 Å². The van der Waals surface area contributed by atoms with Gasteiger partial charge in [0.25, 0.3) is 0 Å².